The molecule has 0 aliphatic carbocycles. The summed E-state index contributed by atoms with van der Waals surface area (Å²) in [5, 5.41) is 3.97. The van der Waals surface area contributed by atoms with Gasteiger partial charge in [0.1, 0.15) is 12.4 Å². The van der Waals surface area contributed by atoms with Crippen molar-refractivity contribution in [1.82, 2.24) is 5.32 Å². The lowest BCUT2D eigenvalue weighted by Crippen LogP contribution is -2.19. The first-order valence-electron chi connectivity index (χ1n) is 9.50. The predicted octanol–water partition coefficient (Wildman–Crippen LogP) is 6.88. The average Bonchev–Trinajstić information content (AvgIpc) is 3.09. The first kappa shape index (κ1) is 21.7. The maximum absolute atomic E-state index is 12.4. The van der Waals surface area contributed by atoms with Crippen molar-refractivity contribution in [2.45, 2.75) is 13.5 Å². The number of aliphatic imine (C=N–C) groups is 1. The van der Waals surface area contributed by atoms with Gasteiger partial charge >= 0.3 is 0 Å². The highest BCUT2D eigenvalue weighted by atomic mass is 79.9. The molecule has 1 aliphatic rings. The highest BCUT2D eigenvalue weighted by molar-refractivity contribution is 9.10. The molecule has 1 heterocycles. The third-order valence-electron chi connectivity index (χ3n) is 4.53. The van der Waals surface area contributed by atoms with Crippen LogP contribution < -0.4 is 10.1 Å². The summed E-state index contributed by atoms with van der Waals surface area (Å²) in [5.41, 5.74) is 3.66. The van der Waals surface area contributed by atoms with Gasteiger partial charge in [-0.25, -0.2) is 4.99 Å². The number of ether oxygens (including phenoxy) is 1. The highest BCUT2D eigenvalue weighted by Gasteiger charge is 2.24. The summed E-state index contributed by atoms with van der Waals surface area (Å²) >= 11 is 11.0. The molecule has 0 bridgehead atoms. The molecule has 156 valence electrons. The van der Waals surface area contributed by atoms with E-state index >= 15 is 0 Å². The van der Waals surface area contributed by atoms with Crippen molar-refractivity contribution >= 4 is 62.1 Å². The van der Waals surface area contributed by atoms with Crippen LogP contribution in [0.25, 0.3) is 6.08 Å². The average molecular weight is 514 g/mol. The molecule has 4 rings (SSSR count). The minimum Gasteiger partial charge on any atom is -0.488 e. The molecular formula is C24H18BrClN2O2S. The molecule has 0 unspecified atom stereocenters. The Labute approximate surface area is 198 Å². The van der Waals surface area contributed by atoms with Crippen LogP contribution in [0.15, 0.2) is 81.1 Å². The molecular weight excluding hydrogens is 496 g/mol. The number of amides is 1. The number of amidine groups is 1. The largest absolute Gasteiger partial charge is 0.488 e. The van der Waals surface area contributed by atoms with Crippen molar-refractivity contribution in [3.05, 3.63) is 97.8 Å². The fourth-order valence-corrected chi connectivity index (χ4v) is 4.39. The smallest absolute Gasteiger partial charge is 0.264 e. The number of nitrogens with zero attached hydrogens (tertiary/aromatic N) is 1. The molecule has 3 aromatic rings. The lowest BCUT2D eigenvalue weighted by atomic mass is 10.2. The van der Waals surface area contributed by atoms with Gasteiger partial charge in [0.25, 0.3) is 5.91 Å². The van der Waals surface area contributed by atoms with E-state index < -0.39 is 0 Å². The molecule has 1 amide bonds. The molecule has 0 radical (unpaired) electrons. The van der Waals surface area contributed by atoms with Gasteiger partial charge in [0.05, 0.1) is 15.1 Å². The first-order valence-corrected chi connectivity index (χ1v) is 11.5. The normalized spacial score (nSPS) is 16.0. The summed E-state index contributed by atoms with van der Waals surface area (Å²) in [5.74, 6) is 0.565. The van der Waals surface area contributed by atoms with E-state index in [2.05, 4.69) is 26.2 Å². The Kier molecular flexibility index (Phi) is 6.80. The maximum atomic E-state index is 12.4. The van der Waals surface area contributed by atoms with E-state index in [1.165, 1.54) is 11.8 Å². The fraction of sp³-hybridized carbons (Fsp3) is 0.0833. The molecule has 0 saturated carbocycles. The number of rotatable bonds is 5. The van der Waals surface area contributed by atoms with Gasteiger partial charge < -0.3 is 10.1 Å². The Morgan fingerprint density at radius 2 is 1.94 bits per heavy atom. The van der Waals surface area contributed by atoms with Gasteiger partial charge in [0, 0.05) is 5.02 Å². The molecule has 0 spiro atoms. The second-order valence-electron chi connectivity index (χ2n) is 6.88. The second-order valence-corrected chi connectivity index (χ2v) is 9.17. The number of hydrogen-bond donors (Lipinski definition) is 1. The van der Waals surface area contributed by atoms with Crippen molar-refractivity contribution in [3.8, 4) is 5.75 Å². The van der Waals surface area contributed by atoms with Crippen LogP contribution in [0.4, 0.5) is 5.69 Å². The van der Waals surface area contributed by atoms with Crippen molar-refractivity contribution < 1.29 is 9.53 Å². The van der Waals surface area contributed by atoms with Crippen LogP contribution >= 0.6 is 39.3 Å². The number of carbonyl (C=O) groups excluding carboxylic acids is 1. The molecule has 7 heteroatoms. The second kappa shape index (κ2) is 9.73. The molecule has 1 saturated heterocycles. The SMILES string of the molecule is Cc1ccc(N=C2NC(=O)/C(=C/c3ccc(OCc4ccccc4)c(Br)c3)S2)cc1Cl. The van der Waals surface area contributed by atoms with Crippen LogP contribution in [-0.2, 0) is 11.4 Å². The zero-order valence-electron chi connectivity index (χ0n) is 16.6. The van der Waals surface area contributed by atoms with Crippen LogP contribution in [0.2, 0.25) is 5.02 Å². The predicted molar refractivity (Wildman–Crippen MR) is 132 cm³/mol. The van der Waals surface area contributed by atoms with E-state index in [1.807, 2.05) is 73.7 Å². The van der Waals surface area contributed by atoms with Crippen LogP contribution in [0.3, 0.4) is 0 Å². The number of hydrogen-bond acceptors (Lipinski definition) is 4. The Morgan fingerprint density at radius 3 is 2.68 bits per heavy atom. The lowest BCUT2D eigenvalue weighted by Gasteiger charge is -2.09. The summed E-state index contributed by atoms with van der Waals surface area (Å²) in [4.78, 5) is 17.4. The summed E-state index contributed by atoms with van der Waals surface area (Å²) < 4.78 is 6.71. The van der Waals surface area contributed by atoms with Gasteiger partial charge in [-0.2, -0.15) is 0 Å². The van der Waals surface area contributed by atoms with Crippen molar-refractivity contribution in [3.63, 3.8) is 0 Å². The molecule has 1 N–H and O–H groups in total. The molecule has 0 aromatic heterocycles. The number of thioether (sulfide) groups is 1. The van der Waals surface area contributed by atoms with Crippen LogP contribution in [0.1, 0.15) is 16.7 Å². The van der Waals surface area contributed by atoms with Crippen LogP contribution in [0, 0.1) is 6.92 Å². The summed E-state index contributed by atoms with van der Waals surface area (Å²) in [6.45, 7) is 2.42. The number of carbonyl (C=O) groups is 1. The summed E-state index contributed by atoms with van der Waals surface area (Å²) in [7, 11) is 0. The van der Waals surface area contributed by atoms with Crippen LogP contribution in [0.5, 0.6) is 5.75 Å². The van der Waals surface area contributed by atoms with Gasteiger partial charge in [0.2, 0.25) is 0 Å². The first-order chi connectivity index (χ1) is 15.0. The van der Waals surface area contributed by atoms with E-state index in [0.29, 0.717) is 27.4 Å². The number of nitrogens with one attached hydrogen (secondary N) is 1. The zero-order chi connectivity index (χ0) is 21.8. The van der Waals surface area contributed by atoms with Gasteiger partial charge in [-0.3, -0.25) is 4.79 Å². The minimum absolute atomic E-state index is 0.178. The molecule has 1 aliphatic heterocycles. The number of halogens is 2. The number of aryl methyl sites for hydroxylation is 1. The molecule has 4 nitrogen and oxygen atoms in total. The molecule has 31 heavy (non-hydrogen) atoms. The van der Waals surface area contributed by atoms with Crippen molar-refractivity contribution in [1.29, 1.82) is 0 Å². The zero-order valence-corrected chi connectivity index (χ0v) is 19.7. The quantitative estimate of drug-likeness (QED) is 0.378. The Bertz CT molecular complexity index is 1200. The standard InChI is InChI=1S/C24H18BrClN2O2S/c1-15-7-9-18(13-20(15)26)27-24-28-23(29)22(31-24)12-17-8-10-21(19(25)11-17)30-14-16-5-3-2-4-6-16/h2-13H,14H2,1H3,(H,27,28,29)/b22-12-. The van der Waals surface area contributed by atoms with E-state index in [0.717, 1.165) is 26.9 Å². The van der Waals surface area contributed by atoms with Crippen LogP contribution in [-0.4, -0.2) is 11.1 Å². The fourth-order valence-electron chi connectivity index (χ4n) is 2.86. The van der Waals surface area contributed by atoms with E-state index in [4.69, 9.17) is 16.3 Å². The number of benzene rings is 3. The summed E-state index contributed by atoms with van der Waals surface area (Å²) in [6.07, 6.45) is 1.83. The third-order valence-corrected chi connectivity index (χ3v) is 6.46. The van der Waals surface area contributed by atoms with Crippen molar-refractivity contribution in [2.24, 2.45) is 4.99 Å². The highest BCUT2D eigenvalue weighted by Crippen LogP contribution is 2.32. The molecule has 3 aromatic carbocycles. The monoisotopic (exact) mass is 512 g/mol. The lowest BCUT2D eigenvalue weighted by molar-refractivity contribution is -0.115. The molecule has 1 fully saturated rings. The van der Waals surface area contributed by atoms with Gasteiger partial charge in [-0.15, -0.1) is 0 Å². The van der Waals surface area contributed by atoms with Crippen molar-refractivity contribution in [2.75, 3.05) is 0 Å². The van der Waals surface area contributed by atoms with Gasteiger partial charge in [0.15, 0.2) is 5.17 Å². The Balaban J connectivity index is 1.46. The maximum Gasteiger partial charge on any atom is 0.264 e. The van der Waals surface area contributed by atoms with Gasteiger partial charge in [-0.05, 0) is 81.6 Å². The minimum atomic E-state index is -0.178. The third kappa shape index (κ3) is 5.58. The Hall–Kier alpha value is -2.54. The Morgan fingerprint density at radius 1 is 1.13 bits per heavy atom. The molecule has 0 atom stereocenters. The topological polar surface area (TPSA) is 50.7 Å². The summed E-state index contributed by atoms with van der Waals surface area (Å²) in [6, 6.07) is 21.3. The van der Waals surface area contributed by atoms with Gasteiger partial charge in [-0.1, -0.05) is 54.1 Å². The van der Waals surface area contributed by atoms with E-state index in [9.17, 15) is 4.79 Å². The van der Waals surface area contributed by atoms with E-state index in [-0.39, 0.29) is 5.91 Å². The van der Waals surface area contributed by atoms with E-state index in [1.54, 1.807) is 6.07 Å².